The molecule has 0 bridgehead atoms. The number of rotatable bonds is 8. The maximum atomic E-state index is 6.16. The number of hydrogen-bond acceptors (Lipinski definition) is 5. The van der Waals surface area contributed by atoms with Gasteiger partial charge in [-0.05, 0) is 75.9 Å². The predicted molar refractivity (Wildman–Crippen MR) is 122 cm³/mol. The highest BCUT2D eigenvalue weighted by atomic mass is 16.6. The van der Waals surface area contributed by atoms with E-state index in [-0.39, 0.29) is 0 Å². The zero-order valence-electron chi connectivity index (χ0n) is 18.1. The zero-order chi connectivity index (χ0) is 21.5. The van der Waals surface area contributed by atoms with Crippen LogP contribution in [0.25, 0.3) is 11.4 Å². The van der Waals surface area contributed by atoms with E-state index >= 15 is 0 Å². The lowest BCUT2D eigenvalue weighted by Gasteiger charge is -2.11. The minimum atomic E-state index is 0.518. The molecule has 6 heteroatoms. The number of nitrogens with zero attached hydrogens (tertiary/aromatic N) is 4. The van der Waals surface area contributed by atoms with Gasteiger partial charge in [-0.3, -0.25) is 15.0 Å². The molecule has 5 nitrogen and oxygen atoms in total. The van der Waals surface area contributed by atoms with E-state index < -0.39 is 0 Å². The van der Waals surface area contributed by atoms with Crippen LogP contribution in [0, 0.1) is 13.8 Å². The first-order valence-electron chi connectivity index (χ1n) is 10.3. The fourth-order valence-electron chi connectivity index (χ4n) is 3.12. The Morgan fingerprint density at radius 2 is 1.83 bits per heavy atom. The second-order valence-electron chi connectivity index (χ2n) is 7.32. The van der Waals surface area contributed by atoms with Crippen LogP contribution in [0.5, 0.6) is 0 Å². The molecule has 0 atom stereocenters. The second kappa shape index (κ2) is 10.1. The van der Waals surface area contributed by atoms with E-state index in [0.29, 0.717) is 6.61 Å². The van der Waals surface area contributed by atoms with E-state index in [9.17, 15) is 0 Å². The van der Waals surface area contributed by atoms with E-state index in [2.05, 4.69) is 17.1 Å². The summed E-state index contributed by atoms with van der Waals surface area (Å²) in [5.41, 5.74) is 7.98. The van der Waals surface area contributed by atoms with Crippen molar-refractivity contribution in [1.82, 2.24) is 15.0 Å². The SMILES string of the molecule is [B]c1cc(CC)nc(-c2cccc(CCCO/N=C(\C)c3cccc(C)n3)n2)c1C. The molecule has 3 heterocycles. The minimum Gasteiger partial charge on any atom is -0.396 e. The Labute approximate surface area is 180 Å². The van der Waals surface area contributed by atoms with Gasteiger partial charge in [0.2, 0.25) is 0 Å². The molecule has 0 aliphatic carbocycles. The number of pyridine rings is 3. The van der Waals surface area contributed by atoms with Crippen molar-refractivity contribution >= 4 is 19.0 Å². The van der Waals surface area contributed by atoms with Crippen molar-refractivity contribution in [3.05, 3.63) is 70.8 Å². The molecule has 0 aliphatic heterocycles. The smallest absolute Gasteiger partial charge is 0.117 e. The van der Waals surface area contributed by atoms with Gasteiger partial charge < -0.3 is 4.84 Å². The number of oxime groups is 1. The maximum Gasteiger partial charge on any atom is 0.117 e. The van der Waals surface area contributed by atoms with Crippen LogP contribution in [0.15, 0.2) is 47.6 Å². The first-order chi connectivity index (χ1) is 14.5. The quantitative estimate of drug-likeness (QED) is 0.250. The molecule has 3 aromatic heterocycles. The molecule has 0 unspecified atom stereocenters. The monoisotopic (exact) mass is 398 g/mol. The average Bonchev–Trinajstić information content (AvgIpc) is 2.75. The van der Waals surface area contributed by atoms with Gasteiger partial charge in [0.25, 0.3) is 0 Å². The summed E-state index contributed by atoms with van der Waals surface area (Å²) in [5, 5.41) is 4.18. The first-order valence-corrected chi connectivity index (χ1v) is 10.3. The molecule has 30 heavy (non-hydrogen) atoms. The van der Waals surface area contributed by atoms with E-state index in [1.165, 1.54) is 0 Å². The van der Waals surface area contributed by atoms with Gasteiger partial charge >= 0.3 is 0 Å². The van der Waals surface area contributed by atoms with Gasteiger partial charge in [0.05, 0.1) is 17.1 Å². The Morgan fingerprint density at radius 1 is 1.03 bits per heavy atom. The topological polar surface area (TPSA) is 60.3 Å². The highest BCUT2D eigenvalue weighted by molar-refractivity contribution is 6.33. The van der Waals surface area contributed by atoms with Crippen LogP contribution >= 0.6 is 0 Å². The molecule has 0 N–H and O–H groups in total. The third-order valence-electron chi connectivity index (χ3n) is 4.91. The Morgan fingerprint density at radius 3 is 2.60 bits per heavy atom. The molecule has 0 amide bonds. The molecule has 0 spiro atoms. The lowest BCUT2D eigenvalue weighted by molar-refractivity contribution is 0.141. The summed E-state index contributed by atoms with van der Waals surface area (Å²) in [4.78, 5) is 19.5. The van der Waals surface area contributed by atoms with Crippen LogP contribution < -0.4 is 5.46 Å². The maximum absolute atomic E-state index is 6.16. The molecule has 3 aromatic rings. The van der Waals surface area contributed by atoms with Crippen molar-refractivity contribution < 1.29 is 4.84 Å². The Bertz CT molecular complexity index is 1050. The molecular weight excluding hydrogens is 371 g/mol. The molecule has 0 saturated carbocycles. The standard InChI is InChI=1S/C24H27BN4O/c1-5-19-15-21(25)17(3)24(28-19)23-13-7-10-20(27-23)11-8-14-30-29-18(4)22-12-6-9-16(2)26-22/h6-7,9-10,12-13,15H,5,8,11,14H2,1-4H3/b29-18+. The summed E-state index contributed by atoms with van der Waals surface area (Å²) in [6.07, 6.45) is 2.46. The van der Waals surface area contributed by atoms with Crippen LogP contribution in [0.3, 0.4) is 0 Å². The van der Waals surface area contributed by atoms with Crippen molar-refractivity contribution in [2.45, 2.75) is 47.0 Å². The zero-order valence-corrected chi connectivity index (χ0v) is 18.1. The van der Waals surface area contributed by atoms with Crippen molar-refractivity contribution in [2.24, 2.45) is 5.16 Å². The van der Waals surface area contributed by atoms with E-state index in [4.69, 9.17) is 22.7 Å². The normalized spacial score (nSPS) is 11.5. The molecule has 0 saturated heterocycles. The summed E-state index contributed by atoms with van der Waals surface area (Å²) in [6, 6.07) is 13.8. The van der Waals surface area contributed by atoms with Gasteiger partial charge in [-0.2, -0.15) is 0 Å². The van der Waals surface area contributed by atoms with Crippen LogP contribution in [-0.4, -0.2) is 35.1 Å². The van der Waals surface area contributed by atoms with Gasteiger partial charge in [-0.25, -0.2) is 0 Å². The molecular formula is C24H27BN4O. The van der Waals surface area contributed by atoms with Gasteiger partial charge in [-0.15, -0.1) is 0 Å². The fraction of sp³-hybridized carbons (Fsp3) is 0.333. The van der Waals surface area contributed by atoms with Crippen molar-refractivity contribution in [2.75, 3.05) is 6.61 Å². The third kappa shape index (κ3) is 5.53. The fourth-order valence-corrected chi connectivity index (χ4v) is 3.12. The molecule has 3 rings (SSSR count). The van der Waals surface area contributed by atoms with Crippen LogP contribution in [0.4, 0.5) is 0 Å². The lowest BCUT2D eigenvalue weighted by atomic mass is 9.89. The summed E-state index contributed by atoms with van der Waals surface area (Å²) < 4.78 is 0. The largest absolute Gasteiger partial charge is 0.396 e. The number of aromatic nitrogens is 3. The molecule has 0 fully saturated rings. The van der Waals surface area contributed by atoms with Crippen LogP contribution in [0.2, 0.25) is 0 Å². The van der Waals surface area contributed by atoms with Crippen LogP contribution in [-0.2, 0) is 17.7 Å². The first kappa shape index (κ1) is 21.7. The lowest BCUT2D eigenvalue weighted by Crippen LogP contribution is -2.13. The predicted octanol–water partition coefficient (Wildman–Crippen LogP) is 3.89. The summed E-state index contributed by atoms with van der Waals surface area (Å²) in [6.45, 7) is 8.44. The van der Waals surface area contributed by atoms with E-state index in [1.807, 2.05) is 63.2 Å². The van der Waals surface area contributed by atoms with Crippen molar-refractivity contribution in [1.29, 1.82) is 0 Å². The Hall–Kier alpha value is -3.02. The van der Waals surface area contributed by atoms with Crippen LogP contribution in [0.1, 0.15) is 48.6 Å². The Balaban J connectivity index is 1.60. The highest BCUT2D eigenvalue weighted by Crippen LogP contribution is 2.19. The van der Waals surface area contributed by atoms with Crippen molar-refractivity contribution in [3.63, 3.8) is 0 Å². The van der Waals surface area contributed by atoms with E-state index in [0.717, 1.165) is 70.2 Å². The van der Waals surface area contributed by atoms with Gasteiger partial charge in [0.1, 0.15) is 20.2 Å². The minimum absolute atomic E-state index is 0.518. The average molecular weight is 398 g/mol. The number of hydrogen-bond donors (Lipinski definition) is 0. The summed E-state index contributed by atoms with van der Waals surface area (Å²) in [5.74, 6) is 0. The highest BCUT2D eigenvalue weighted by Gasteiger charge is 2.10. The third-order valence-corrected chi connectivity index (χ3v) is 4.91. The molecule has 152 valence electrons. The molecule has 2 radical (unpaired) electrons. The summed E-state index contributed by atoms with van der Waals surface area (Å²) >= 11 is 0. The van der Waals surface area contributed by atoms with Gasteiger partial charge in [0, 0.05) is 17.1 Å². The van der Waals surface area contributed by atoms with Crippen molar-refractivity contribution in [3.8, 4) is 11.4 Å². The molecule has 0 aromatic carbocycles. The van der Waals surface area contributed by atoms with E-state index in [1.54, 1.807) is 0 Å². The summed E-state index contributed by atoms with van der Waals surface area (Å²) in [7, 11) is 6.16. The Kier molecular flexibility index (Phi) is 7.33. The number of aryl methyl sites for hydroxylation is 3. The second-order valence-corrected chi connectivity index (χ2v) is 7.32. The molecule has 0 aliphatic rings. The van der Waals surface area contributed by atoms with Gasteiger partial charge in [0.15, 0.2) is 0 Å². The van der Waals surface area contributed by atoms with Gasteiger partial charge in [-0.1, -0.05) is 29.7 Å².